The number of carbonyl (C=O) groups is 4. The van der Waals surface area contributed by atoms with Gasteiger partial charge >= 0.3 is 0 Å². The number of aromatic nitrogens is 5. The van der Waals surface area contributed by atoms with Gasteiger partial charge in [-0.1, -0.05) is 18.2 Å². The lowest BCUT2D eigenvalue weighted by Gasteiger charge is -2.32. The molecule has 3 aliphatic rings. The highest BCUT2D eigenvalue weighted by molar-refractivity contribution is 6.25. The van der Waals surface area contributed by atoms with Crippen molar-refractivity contribution < 1.29 is 19.2 Å². The fourth-order valence-corrected chi connectivity index (χ4v) is 7.64. The Morgan fingerprint density at radius 1 is 0.944 bits per heavy atom. The van der Waals surface area contributed by atoms with Crippen molar-refractivity contribution in [3.05, 3.63) is 83.8 Å². The topological polar surface area (TPSA) is 194 Å². The van der Waals surface area contributed by atoms with E-state index in [1.54, 1.807) is 29.1 Å². The minimum Gasteiger partial charge on any atom is -0.384 e. The van der Waals surface area contributed by atoms with Crippen LogP contribution in [-0.4, -0.2) is 90.4 Å². The molecule has 3 aliphatic heterocycles. The van der Waals surface area contributed by atoms with Crippen LogP contribution in [0.5, 0.6) is 0 Å². The number of carbonyl (C=O) groups excluding carboxylic acids is 4. The zero-order chi connectivity index (χ0) is 37.2. The summed E-state index contributed by atoms with van der Waals surface area (Å²) >= 11 is 0. The summed E-state index contributed by atoms with van der Waals surface area (Å²) < 4.78 is 1.75. The van der Waals surface area contributed by atoms with E-state index >= 15 is 0 Å². The zero-order valence-corrected chi connectivity index (χ0v) is 29.5. The average molecular weight is 726 g/mol. The molecule has 3 aromatic heterocycles. The van der Waals surface area contributed by atoms with E-state index in [2.05, 4.69) is 66.3 Å². The Kier molecular flexibility index (Phi) is 9.58. The van der Waals surface area contributed by atoms with E-state index in [0.717, 1.165) is 71.8 Å². The number of piperidine rings is 2. The van der Waals surface area contributed by atoms with Gasteiger partial charge in [0.1, 0.15) is 11.7 Å². The van der Waals surface area contributed by atoms with Gasteiger partial charge in [-0.3, -0.25) is 34.1 Å². The van der Waals surface area contributed by atoms with Crippen LogP contribution in [0.15, 0.2) is 67.1 Å². The Morgan fingerprint density at radius 3 is 2.57 bits per heavy atom. The smallest absolute Gasteiger partial charge is 0.264 e. The van der Waals surface area contributed by atoms with Crippen LogP contribution in [0.1, 0.15) is 70.7 Å². The van der Waals surface area contributed by atoms with Crippen molar-refractivity contribution in [2.45, 2.75) is 57.0 Å². The van der Waals surface area contributed by atoms with Crippen LogP contribution in [0.25, 0.3) is 22.3 Å². The molecule has 2 fully saturated rings. The Bertz CT molecular complexity index is 2280. The van der Waals surface area contributed by atoms with Crippen molar-refractivity contribution in [3.63, 3.8) is 0 Å². The van der Waals surface area contributed by atoms with Gasteiger partial charge in [-0.2, -0.15) is 15.3 Å². The van der Waals surface area contributed by atoms with Gasteiger partial charge in [-0.25, -0.2) is 4.98 Å². The van der Waals surface area contributed by atoms with Gasteiger partial charge in [-0.05, 0) is 87.1 Å². The van der Waals surface area contributed by atoms with Crippen molar-refractivity contribution >= 4 is 52.0 Å². The minimum absolute atomic E-state index is 0.0852. The summed E-state index contributed by atoms with van der Waals surface area (Å²) in [5.74, 6) is -1.08. The maximum Gasteiger partial charge on any atom is 0.264 e. The fourth-order valence-electron chi connectivity index (χ4n) is 7.64. The normalized spacial score (nSPS) is 17.8. The van der Waals surface area contributed by atoms with Gasteiger partial charge in [-0.15, -0.1) is 0 Å². The molecule has 4 N–H and O–H groups in total. The molecule has 4 amide bonds. The van der Waals surface area contributed by atoms with Crippen molar-refractivity contribution in [1.29, 1.82) is 5.26 Å². The number of fused-ring (bicyclic) bond motifs is 2. The quantitative estimate of drug-likeness (QED) is 0.104. The maximum atomic E-state index is 13.4. The number of hydrogen-bond acceptors (Lipinski definition) is 11. The number of likely N-dealkylation sites (tertiary alicyclic amines) is 1. The van der Waals surface area contributed by atoms with Gasteiger partial charge < -0.3 is 20.5 Å². The molecule has 15 nitrogen and oxygen atoms in total. The van der Waals surface area contributed by atoms with Crippen molar-refractivity contribution in [3.8, 4) is 17.3 Å². The number of nitrogens with zero attached hydrogens (tertiary/aromatic N) is 7. The SMILES string of the molecule is N#CCCn1cc(-c2nc(Nc3ccc(C4CCN(CCCNc5cccc6c5C(=O)N(C5CCC(=O)NC5=O)C6=O)CC4)cc3)nc3[nH]ccc23)cn1. The van der Waals surface area contributed by atoms with Crippen LogP contribution in [-0.2, 0) is 16.1 Å². The third-order valence-corrected chi connectivity index (χ3v) is 10.4. The predicted molar refractivity (Wildman–Crippen MR) is 200 cm³/mol. The zero-order valence-electron chi connectivity index (χ0n) is 29.5. The van der Waals surface area contributed by atoms with Crippen molar-refractivity contribution in [2.75, 3.05) is 36.8 Å². The first-order valence-electron chi connectivity index (χ1n) is 18.3. The molecular formula is C39H39N11O4. The molecule has 0 spiro atoms. The van der Waals surface area contributed by atoms with E-state index in [1.807, 2.05) is 18.5 Å². The maximum absolute atomic E-state index is 13.4. The number of H-pyrrole nitrogens is 1. The summed E-state index contributed by atoms with van der Waals surface area (Å²) in [4.78, 5) is 66.7. The molecule has 0 bridgehead atoms. The summed E-state index contributed by atoms with van der Waals surface area (Å²) in [6, 6.07) is 16.7. The predicted octanol–water partition coefficient (Wildman–Crippen LogP) is 4.56. The van der Waals surface area contributed by atoms with E-state index in [9.17, 15) is 19.2 Å². The average Bonchev–Trinajstić information content (AvgIpc) is 3.92. The van der Waals surface area contributed by atoms with Gasteiger partial charge in [0.15, 0.2) is 0 Å². The Morgan fingerprint density at radius 2 is 1.78 bits per heavy atom. The fraction of sp³-hybridized carbons (Fsp3) is 0.333. The molecule has 2 aromatic carbocycles. The largest absolute Gasteiger partial charge is 0.384 e. The second kappa shape index (κ2) is 14.9. The molecule has 2 saturated heterocycles. The number of benzene rings is 2. The van der Waals surface area contributed by atoms with Crippen LogP contribution in [0.3, 0.4) is 0 Å². The number of nitriles is 1. The first kappa shape index (κ1) is 34.7. The Balaban J connectivity index is 0.822. The summed E-state index contributed by atoms with van der Waals surface area (Å²) in [6.45, 7) is 4.02. The minimum atomic E-state index is -0.986. The van der Waals surface area contributed by atoms with Crippen LogP contribution in [0.2, 0.25) is 0 Å². The molecule has 5 aromatic rings. The third-order valence-electron chi connectivity index (χ3n) is 10.4. The highest BCUT2D eigenvalue weighted by Crippen LogP contribution is 2.33. The lowest BCUT2D eigenvalue weighted by Crippen LogP contribution is -2.54. The van der Waals surface area contributed by atoms with Gasteiger partial charge in [0.05, 0.1) is 42.1 Å². The molecule has 274 valence electrons. The van der Waals surface area contributed by atoms with Crippen molar-refractivity contribution in [2.24, 2.45) is 0 Å². The number of nitrogens with one attached hydrogen (secondary N) is 4. The molecule has 0 radical (unpaired) electrons. The van der Waals surface area contributed by atoms with Gasteiger partial charge in [0.2, 0.25) is 17.8 Å². The Hall–Kier alpha value is -6.40. The molecule has 0 saturated carbocycles. The molecule has 1 unspecified atom stereocenters. The van der Waals surface area contributed by atoms with E-state index in [-0.39, 0.29) is 24.0 Å². The summed E-state index contributed by atoms with van der Waals surface area (Å²) in [6.07, 6.45) is 9.06. The van der Waals surface area contributed by atoms with E-state index in [4.69, 9.17) is 10.2 Å². The van der Waals surface area contributed by atoms with E-state index in [1.165, 1.54) is 5.56 Å². The second-order valence-electron chi connectivity index (χ2n) is 13.9. The van der Waals surface area contributed by atoms with Crippen LogP contribution < -0.4 is 16.0 Å². The highest BCUT2D eigenvalue weighted by atomic mass is 16.2. The molecule has 8 rings (SSSR count). The van der Waals surface area contributed by atoms with Crippen LogP contribution in [0, 0.1) is 11.3 Å². The Labute approximate surface area is 310 Å². The lowest BCUT2D eigenvalue weighted by molar-refractivity contribution is -0.136. The highest BCUT2D eigenvalue weighted by Gasteiger charge is 2.45. The van der Waals surface area contributed by atoms with Crippen LogP contribution >= 0.6 is 0 Å². The number of aryl methyl sites for hydroxylation is 1. The molecule has 54 heavy (non-hydrogen) atoms. The standard InChI is InChI=1S/C39H39N11O4/c40-15-2-19-49-23-26(22-43-49)34-29-12-17-42-35(29)47-39(46-34)44-27-8-6-24(7-9-27)25-13-20-48(21-14-25)18-3-16-41-30-5-1-4-28-33(30)38(54)50(37(28)53)31-10-11-32(51)45-36(31)52/h1,4-9,12,17,22-23,25,31,41H,2-3,10-11,13-14,16,18-21H2,(H,45,51,52)(H2,42,44,46,47). The monoisotopic (exact) mass is 725 g/mol. The second-order valence-corrected chi connectivity index (χ2v) is 13.9. The molecule has 1 atom stereocenters. The molecular weight excluding hydrogens is 687 g/mol. The van der Waals surface area contributed by atoms with Crippen LogP contribution in [0.4, 0.5) is 17.3 Å². The van der Waals surface area contributed by atoms with Crippen molar-refractivity contribution in [1.82, 2.24) is 39.8 Å². The van der Waals surface area contributed by atoms with E-state index < -0.39 is 29.7 Å². The lowest BCUT2D eigenvalue weighted by atomic mass is 9.89. The number of hydrogen-bond donors (Lipinski definition) is 4. The summed E-state index contributed by atoms with van der Waals surface area (Å²) in [5.41, 5.74) is 5.67. The number of imide groups is 2. The summed E-state index contributed by atoms with van der Waals surface area (Å²) in [5, 5.41) is 23.2. The first-order valence-corrected chi connectivity index (χ1v) is 18.3. The van der Waals surface area contributed by atoms with Gasteiger partial charge in [0, 0.05) is 47.7 Å². The molecule has 6 heterocycles. The summed E-state index contributed by atoms with van der Waals surface area (Å²) in [7, 11) is 0. The first-order chi connectivity index (χ1) is 26.4. The molecule has 0 aliphatic carbocycles. The number of aromatic amines is 1. The molecule has 15 heteroatoms. The number of anilines is 3. The number of rotatable bonds is 12. The van der Waals surface area contributed by atoms with Gasteiger partial charge in [0.25, 0.3) is 11.8 Å². The number of amides is 4. The van der Waals surface area contributed by atoms with E-state index in [0.29, 0.717) is 37.1 Å². The third kappa shape index (κ3) is 6.91.